The fourth-order valence-corrected chi connectivity index (χ4v) is 6.34. The maximum absolute atomic E-state index is 13.0. The fraction of sp³-hybridized carbons (Fsp3) is 0.654. The first kappa shape index (κ1) is 22.9. The van der Waals surface area contributed by atoms with E-state index in [1.165, 1.54) is 45.6 Å². The lowest BCUT2D eigenvalue weighted by Gasteiger charge is -2.43. The molecule has 0 aliphatic carbocycles. The smallest absolute Gasteiger partial charge is 0.255 e. The molecule has 0 saturated carbocycles. The summed E-state index contributed by atoms with van der Waals surface area (Å²) in [5.74, 6) is 0.0959. The van der Waals surface area contributed by atoms with Crippen LogP contribution >= 0.6 is 0 Å². The van der Waals surface area contributed by atoms with Crippen LogP contribution in [0.2, 0.25) is 0 Å². The third-order valence-corrected chi connectivity index (χ3v) is 8.69. The summed E-state index contributed by atoms with van der Waals surface area (Å²) in [5.41, 5.74) is 2.82. The summed E-state index contributed by atoms with van der Waals surface area (Å²) in [5, 5.41) is 5.76. The standard InChI is InChI=1S/C26H36N6O3/c33-24-4-3-23(25(34)28-24)32-17-19-13-20(1-2-22(19)26(32)35)31-11-9-29(10-12-31)16-18-5-7-30(8-6-18)21-14-27-15-21/h1-2,13,18,21,23,27H,3-12,14-17H2,(H,28,33,34)/t23-/m0/s1. The molecular weight excluding hydrogens is 444 g/mol. The molecule has 6 rings (SSSR count). The van der Waals surface area contributed by atoms with E-state index >= 15 is 0 Å². The molecule has 9 heteroatoms. The zero-order chi connectivity index (χ0) is 23.9. The normalized spacial score (nSPS) is 27.2. The van der Waals surface area contributed by atoms with Gasteiger partial charge in [0, 0.05) is 76.1 Å². The first-order valence-electron chi connectivity index (χ1n) is 13.2. The summed E-state index contributed by atoms with van der Waals surface area (Å²) in [6.07, 6.45) is 3.32. The lowest BCUT2D eigenvalue weighted by atomic mass is 9.94. The highest BCUT2D eigenvalue weighted by Crippen LogP contribution is 2.31. The second-order valence-corrected chi connectivity index (χ2v) is 10.8. The molecule has 1 aromatic rings. The number of piperazine rings is 1. The molecule has 0 spiro atoms. The van der Waals surface area contributed by atoms with Crippen molar-refractivity contribution in [2.24, 2.45) is 5.92 Å². The van der Waals surface area contributed by atoms with Gasteiger partial charge in [0.25, 0.3) is 5.91 Å². The van der Waals surface area contributed by atoms with Crippen LogP contribution in [0.1, 0.15) is 41.6 Å². The molecule has 4 fully saturated rings. The van der Waals surface area contributed by atoms with Crippen molar-refractivity contribution < 1.29 is 14.4 Å². The molecule has 5 aliphatic heterocycles. The molecule has 2 N–H and O–H groups in total. The summed E-state index contributed by atoms with van der Waals surface area (Å²) < 4.78 is 0. The van der Waals surface area contributed by atoms with Crippen molar-refractivity contribution in [1.82, 2.24) is 25.3 Å². The van der Waals surface area contributed by atoms with Gasteiger partial charge in [0.2, 0.25) is 11.8 Å². The van der Waals surface area contributed by atoms with Crippen molar-refractivity contribution in [2.75, 3.05) is 63.8 Å². The fourth-order valence-electron chi connectivity index (χ4n) is 6.34. The Balaban J connectivity index is 1.01. The number of hydrogen-bond acceptors (Lipinski definition) is 7. The van der Waals surface area contributed by atoms with Crippen molar-refractivity contribution in [2.45, 2.75) is 44.3 Å². The number of nitrogens with zero attached hydrogens (tertiary/aromatic N) is 4. The monoisotopic (exact) mass is 480 g/mol. The van der Waals surface area contributed by atoms with Crippen LogP contribution in [-0.4, -0.2) is 103 Å². The lowest BCUT2D eigenvalue weighted by molar-refractivity contribution is -0.136. The number of hydrogen-bond donors (Lipinski definition) is 2. The number of nitrogens with one attached hydrogen (secondary N) is 2. The number of likely N-dealkylation sites (tertiary alicyclic amines) is 1. The molecule has 9 nitrogen and oxygen atoms in total. The van der Waals surface area contributed by atoms with E-state index in [9.17, 15) is 14.4 Å². The van der Waals surface area contributed by atoms with Crippen LogP contribution in [-0.2, 0) is 16.1 Å². The summed E-state index contributed by atoms with van der Waals surface area (Å²) in [6, 6.07) is 6.30. The van der Waals surface area contributed by atoms with E-state index in [-0.39, 0.29) is 24.1 Å². The van der Waals surface area contributed by atoms with Crippen LogP contribution < -0.4 is 15.5 Å². The van der Waals surface area contributed by atoms with Crippen molar-refractivity contribution in [3.8, 4) is 0 Å². The van der Waals surface area contributed by atoms with Crippen molar-refractivity contribution in [3.63, 3.8) is 0 Å². The van der Waals surface area contributed by atoms with Gasteiger partial charge in [-0.15, -0.1) is 0 Å². The minimum atomic E-state index is -0.558. The molecule has 0 bridgehead atoms. The molecule has 188 valence electrons. The lowest BCUT2D eigenvalue weighted by Crippen LogP contribution is -2.59. The Labute approximate surface area is 206 Å². The maximum atomic E-state index is 13.0. The predicted molar refractivity (Wildman–Crippen MR) is 132 cm³/mol. The number of piperidine rings is 2. The summed E-state index contributed by atoms with van der Waals surface area (Å²) in [6.45, 7) is 10.6. The van der Waals surface area contributed by atoms with E-state index in [2.05, 4.69) is 31.4 Å². The van der Waals surface area contributed by atoms with Gasteiger partial charge in [-0.05, 0) is 62.0 Å². The van der Waals surface area contributed by atoms with Gasteiger partial charge in [0.05, 0.1) is 0 Å². The Bertz CT molecular complexity index is 995. The first-order valence-corrected chi connectivity index (χ1v) is 13.2. The molecule has 35 heavy (non-hydrogen) atoms. The van der Waals surface area contributed by atoms with Crippen molar-refractivity contribution in [1.29, 1.82) is 0 Å². The van der Waals surface area contributed by atoms with Gasteiger partial charge in [0.15, 0.2) is 0 Å². The second kappa shape index (κ2) is 9.52. The Kier molecular flexibility index (Phi) is 6.24. The minimum Gasteiger partial charge on any atom is -0.369 e. The molecule has 3 amide bonds. The Morgan fingerprint density at radius 2 is 1.69 bits per heavy atom. The van der Waals surface area contributed by atoms with E-state index in [4.69, 9.17) is 0 Å². The van der Waals surface area contributed by atoms with Crippen LogP contribution in [0, 0.1) is 5.92 Å². The molecule has 4 saturated heterocycles. The van der Waals surface area contributed by atoms with E-state index < -0.39 is 6.04 Å². The number of fused-ring (bicyclic) bond motifs is 1. The first-order chi connectivity index (χ1) is 17.0. The van der Waals surface area contributed by atoms with E-state index in [0.717, 1.165) is 49.4 Å². The summed E-state index contributed by atoms with van der Waals surface area (Å²) in [4.78, 5) is 46.1. The third kappa shape index (κ3) is 4.57. The minimum absolute atomic E-state index is 0.106. The number of amides is 3. The highest BCUT2D eigenvalue weighted by Gasteiger charge is 2.39. The second-order valence-electron chi connectivity index (χ2n) is 10.8. The van der Waals surface area contributed by atoms with Crippen molar-refractivity contribution in [3.05, 3.63) is 29.3 Å². The number of carbonyl (C=O) groups is 3. The van der Waals surface area contributed by atoms with Gasteiger partial charge in [-0.2, -0.15) is 0 Å². The largest absolute Gasteiger partial charge is 0.369 e. The molecule has 1 atom stereocenters. The number of imide groups is 1. The van der Waals surface area contributed by atoms with Gasteiger partial charge in [-0.3, -0.25) is 29.5 Å². The predicted octanol–water partition coefficient (Wildman–Crippen LogP) is 0.253. The maximum Gasteiger partial charge on any atom is 0.255 e. The number of carbonyl (C=O) groups excluding carboxylic acids is 3. The zero-order valence-corrected chi connectivity index (χ0v) is 20.4. The van der Waals surface area contributed by atoms with Gasteiger partial charge < -0.3 is 15.1 Å². The Hall–Kier alpha value is -2.49. The van der Waals surface area contributed by atoms with Crippen LogP contribution in [0.4, 0.5) is 5.69 Å². The van der Waals surface area contributed by atoms with Gasteiger partial charge in [-0.25, -0.2) is 0 Å². The SMILES string of the molecule is O=C1CC[C@H](N2Cc3cc(N4CCN(CC5CCN(C6CNC6)CC5)CC4)ccc3C2=O)C(=O)N1. The molecule has 0 aromatic heterocycles. The van der Waals surface area contributed by atoms with Crippen LogP contribution in [0.15, 0.2) is 18.2 Å². The van der Waals surface area contributed by atoms with Gasteiger partial charge in [0.1, 0.15) is 6.04 Å². The molecule has 1 aromatic carbocycles. The van der Waals surface area contributed by atoms with E-state index in [1.54, 1.807) is 4.90 Å². The summed E-state index contributed by atoms with van der Waals surface area (Å²) >= 11 is 0. The van der Waals surface area contributed by atoms with Crippen molar-refractivity contribution >= 4 is 23.4 Å². The molecular formula is C26H36N6O3. The van der Waals surface area contributed by atoms with Crippen LogP contribution in [0.5, 0.6) is 0 Å². The number of rotatable bonds is 5. The molecule has 0 unspecified atom stereocenters. The average Bonchev–Trinajstić information content (AvgIpc) is 3.15. The Morgan fingerprint density at radius 3 is 2.37 bits per heavy atom. The van der Waals surface area contributed by atoms with Gasteiger partial charge in [-0.1, -0.05) is 0 Å². The Morgan fingerprint density at radius 1 is 0.914 bits per heavy atom. The quantitative estimate of drug-likeness (QED) is 0.585. The van der Waals surface area contributed by atoms with Crippen LogP contribution in [0.3, 0.4) is 0 Å². The summed E-state index contributed by atoms with van der Waals surface area (Å²) in [7, 11) is 0. The zero-order valence-electron chi connectivity index (χ0n) is 20.4. The van der Waals surface area contributed by atoms with Gasteiger partial charge >= 0.3 is 0 Å². The molecule has 5 aliphatic rings. The topological polar surface area (TPSA) is 88.2 Å². The van der Waals surface area contributed by atoms with Crippen LogP contribution in [0.25, 0.3) is 0 Å². The van der Waals surface area contributed by atoms with E-state index in [1.807, 2.05) is 12.1 Å². The highest BCUT2D eigenvalue weighted by molar-refractivity contribution is 6.05. The molecule has 0 radical (unpaired) electrons. The molecule has 5 heterocycles. The highest BCUT2D eigenvalue weighted by atomic mass is 16.2. The average molecular weight is 481 g/mol. The van der Waals surface area contributed by atoms with E-state index in [0.29, 0.717) is 18.5 Å². The third-order valence-electron chi connectivity index (χ3n) is 8.69. The number of anilines is 1. The number of benzene rings is 1.